The van der Waals surface area contributed by atoms with Crippen molar-refractivity contribution in [1.29, 1.82) is 0 Å². The van der Waals surface area contributed by atoms with E-state index in [2.05, 4.69) is 10.1 Å². The minimum Gasteiger partial charge on any atom is -0.467 e. The van der Waals surface area contributed by atoms with Crippen LogP contribution in [0.3, 0.4) is 0 Å². The molecule has 25 heavy (non-hydrogen) atoms. The molecule has 0 spiro atoms. The molecular weight excluding hydrogens is 364 g/mol. The number of methoxy groups -OCH3 is 1. The summed E-state index contributed by atoms with van der Waals surface area (Å²) in [6.07, 6.45) is 0. The number of nitrogens with zero attached hydrogens (tertiary/aromatic N) is 1. The van der Waals surface area contributed by atoms with Gasteiger partial charge in [0, 0.05) is 15.9 Å². The molecular formula is C17H17ClN2O4S. The van der Waals surface area contributed by atoms with Crippen molar-refractivity contribution in [2.45, 2.75) is 29.7 Å². The topological polar surface area (TPSA) is 81.5 Å². The molecule has 0 heterocycles. The predicted octanol–water partition coefficient (Wildman–Crippen LogP) is 4.68. The number of esters is 1. The normalized spacial score (nSPS) is 11.7. The summed E-state index contributed by atoms with van der Waals surface area (Å²) in [7, 11) is 1.26. The molecule has 0 radical (unpaired) electrons. The number of hydrogen-bond donors (Lipinski definition) is 1. The molecule has 2 aromatic carbocycles. The van der Waals surface area contributed by atoms with Crippen molar-refractivity contribution < 1.29 is 14.5 Å². The summed E-state index contributed by atoms with van der Waals surface area (Å²) < 4.78 is 4.64. The van der Waals surface area contributed by atoms with Crippen LogP contribution in [-0.4, -0.2) is 24.0 Å². The van der Waals surface area contributed by atoms with Gasteiger partial charge in [0.05, 0.1) is 17.1 Å². The largest absolute Gasteiger partial charge is 0.467 e. The first-order chi connectivity index (χ1) is 11.8. The van der Waals surface area contributed by atoms with Crippen molar-refractivity contribution in [2.24, 2.45) is 0 Å². The van der Waals surface area contributed by atoms with E-state index in [1.807, 2.05) is 25.1 Å². The lowest BCUT2D eigenvalue weighted by Crippen LogP contribution is -2.27. The number of nitrogens with one attached hydrogen (secondary N) is 1. The van der Waals surface area contributed by atoms with Gasteiger partial charge < -0.3 is 10.1 Å². The quantitative estimate of drug-likeness (QED) is 0.445. The van der Waals surface area contributed by atoms with E-state index in [-0.39, 0.29) is 11.4 Å². The van der Waals surface area contributed by atoms with Crippen molar-refractivity contribution in [3.8, 4) is 0 Å². The van der Waals surface area contributed by atoms with E-state index in [9.17, 15) is 14.9 Å². The van der Waals surface area contributed by atoms with Gasteiger partial charge in [-0.25, -0.2) is 4.79 Å². The molecule has 0 aromatic heterocycles. The molecule has 6 nitrogen and oxygen atoms in total. The van der Waals surface area contributed by atoms with Crippen molar-refractivity contribution >= 4 is 40.7 Å². The van der Waals surface area contributed by atoms with Crippen LogP contribution in [0, 0.1) is 17.0 Å². The summed E-state index contributed by atoms with van der Waals surface area (Å²) in [6.45, 7) is 3.52. The highest BCUT2D eigenvalue weighted by atomic mass is 35.5. The molecule has 0 aliphatic heterocycles. The van der Waals surface area contributed by atoms with Gasteiger partial charge >= 0.3 is 5.97 Å². The Labute approximate surface area is 154 Å². The van der Waals surface area contributed by atoms with E-state index >= 15 is 0 Å². The summed E-state index contributed by atoms with van der Waals surface area (Å²) in [5.41, 5.74) is 1.18. The summed E-state index contributed by atoms with van der Waals surface area (Å²) >= 11 is 7.63. The highest BCUT2D eigenvalue weighted by molar-refractivity contribution is 7.99. The first-order valence-corrected chi connectivity index (χ1v) is 8.58. The van der Waals surface area contributed by atoms with Gasteiger partial charge in [0.25, 0.3) is 5.69 Å². The molecule has 0 saturated heterocycles. The average molecular weight is 381 g/mol. The zero-order chi connectivity index (χ0) is 18.6. The molecule has 0 amide bonds. The van der Waals surface area contributed by atoms with Crippen LogP contribution in [0.25, 0.3) is 0 Å². The van der Waals surface area contributed by atoms with E-state index in [0.29, 0.717) is 5.02 Å². The van der Waals surface area contributed by atoms with Crippen molar-refractivity contribution in [3.63, 3.8) is 0 Å². The Morgan fingerprint density at radius 3 is 2.64 bits per heavy atom. The third-order valence-corrected chi connectivity index (χ3v) is 4.90. The fraction of sp³-hybridized carbons (Fsp3) is 0.235. The first kappa shape index (κ1) is 19.1. The van der Waals surface area contributed by atoms with E-state index in [1.165, 1.54) is 24.9 Å². The predicted molar refractivity (Wildman–Crippen MR) is 98.5 cm³/mol. The summed E-state index contributed by atoms with van der Waals surface area (Å²) in [5.74, 6) is -0.506. The van der Waals surface area contributed by atoms with Crippen LogP contribution in [0.1, 0.15) is 12.5 Å². The molecule has 0 aliphatic carbocycles. The second kappa shape index (κ2) is 8.22. The molecule has 0 aliphatic rings. The number of ether oxygens (including phenoxy) is 1. The third kappa shape index (κ3) is 4.87. The number of carbonyl (C=O) groups is 1. The standard InChI is InChI=1S/C17H17ClN2O4S/c1-10-4-7-16(13(18)8-10)25-12-5-6-15(20(22)23)14(9-12)19-11(2)17(21)24-3/h4-9,11,19H,1-3H3. The van der Waals surface area contributed by atoms with Gasteiger partial charge in [-0.2, -0.15) is 0 Å². The van der Waals surface area contributed by atoms with Gasteiger partial charge in [-0.05, 0) is 43.7 Å². The number of halogens is 1. The fourth-order valence-electron chi connectivity index (χ4n) is 2.14. The van der Waals surface area contributed by atoms with Crippen LogP contribution < -0.4 is 5.32 Å². The third-order valence-electron chi connectivity index (χ3n) is 3.41. The molecule has 0 fully saturated rings. The average Bonchev–Trinajstić information content (AvgIpc) is 2.56. The van der Waals surface area contributed by atoms with Crippen LogP contribution in [0.15, 0.2) is 46.2 Å². The lowest BCUT2D eigenvalue weighted by atomic mass is 10.2. The summed E-state index contributed by atoms with van der Waals surface area (Å²) in [5, 5.41) is 14.7. The maximum absolute atomic E-state index is 11.6. The Morgan fingerprint density at radius 1 is 1.32 bits per heavy atom. The summed E-state index contributed by atoms with van der Waals surface area (Å²) in [4.78, 5) is 23.9. The number of anilines is 1. The number of rotatable bonds is 6. The maximum Gasteiger partial charge on any atom is 0.327 e. The first-order valence-electron chi connectivity index (χ1n) is 7.38. The smallest absolute Gasteiger partial charge is 0.327 e. The highest BCUT2D eigenvalue weighted by Crippen LogP contribution is 2.37. The number of carbonyl (C=O) groups excluding carboxylic acids is 1. The number of nitro groups is 1. The van der Waals surface area contributed by atoms with E-state index < -0.39 is 16.9 Å². The number of hydrogen-bond acceptors (Lipinski definition) is 6. The highest BCUT2D eigenvalue weighted by Gasteiger charge is 2.20. The molecule has 1 atom stereocenters. The number of benzene rings is 2. The molecule has 132 valence electrons. The molecule has 2 aromatic rings. The van der Waals surface area contributed by atoms with Crippen molar-refractivity contribution in [3.05, 3.63) is 57.1 Å². The molecule has 2 rings (SSSR count). The minimum absolute atomic E-state index is 0.116. The van der Waals surface area contributed by atoms with E-state index in [4.69, 9.17) is 11.6 Å². The second-order valence-electron chi connectivity index (χ2n) is 5.36. The Bertz CT molecular complexity index is 813. The maximum atomic E-state index is 11.6. The van der Waals surface area contributed by atoms with E-state index in [0.717, 1.165) is 15.4 Å². The van der Waals surface area contributed by atoms with Crippen LogP contribution in [-0.2, 0) is 9.53 Å². The Balaban J connectivity index is 2.32. The number of nitro benzene ring substituents is 1. The van der Waals surface area contributed by atoms with Gasteiger partial charge in [0.15, 0.2) is 0 Å². The number of aryl methyl sites for hydroxylation is 1. The molecule has 1 N–H and O–H groups in total. The van der Waals surface area contributed by atoms with E-state index in [1.54, 1.807) is 19.1 Å². The second-order valence-corrected chi connectivity index (χ2v) is 6.88. The zero-order valence-corrected chi connectivity index (χ0v) is 15.5. The fourth-order valence-corrected chi connectivity index (χ4v) is 3.35. The van der Waals surface area contributed by atoms with Gasteiger partial charge in [0.2, 0.25) is 0 Å². The van der Waals surface area contributed by atoms with Gasteiger partial charge in [-0.1, -0.05) is 29.4 Å². The lowest BCUT2D eigenvalue weighted by molar-refractivity contribution is -0.384. The lowest BCUT2D eigenvalue weighted by Gasteiger charge is -2.14. The Morgan fingerprint density at radius 2 is 2.04 bits per heavy atom. The van der Waals surface area contributed by atoms with Crippen LogP contribution in [0.2, 0.25) is 5.02 Å². The zero-order valence-electron chi connectivity index (χ0n) is 13.9. The molecule has 0 saturated carbocycles. The van der Waals surface area contributed by atoms with Gasteiger partial charge in [-0.15, -0.1) is 0 Å². The van der Waals surface area contributed by atoms with Crippen LogP contribution in [0.4, 0.5) is 11.4 Å². The minimum atomic E-state index is -0.716. The van der Waals surface area contributed by atoms with Crippen LogP contribution >= 0.6 is 23.4 Å². The Kier molecular flexibility index (Phi) is 6.27. The SMILES string of the molecule is COC(=O)C(C)Nc1cc(Sc2ccc(C)cc2Cl)ccc1[N+](=O)[O-]. The molecule has 8 heteroatoms. The van der Waals surface area contributed by atoms with Gasteiger partial charge in [-0.3, -0.25) is 10.1 Å². The molecule has 0 bridgehead atoms. The summed E-state index contributed by atoms with van der Waals surface area (Å²) in [6, 6.07) is 9.65. The molecule has 1 unspecified atom stereocenters. The van der Waals surface area contributed by atoms with Crippen molar-refractivity contribution in [1.82, 2.24) is 0 Å². The van der Waals surface area contributed by atoms with Gasteiger partial charge in [0.1, 0.15) is 11.7 Å². The van der Waals surface area contributed by atoms with Crippen LogP contribution in [0.5, 0.6) is 0 Å². The van der Waals surface area contributed by atoms with Crippen molar-refractivity contribution in [2.75, 3.05) is 12.4 Å². The Hall–Kier alpha value is -2.25. The monoisotopic (exact) mass is 380 g/mol.